The van der Waals surface area contributed by atoms with Gasteiger partial charge in [-0.25, -0.2) is 8.42 Å². The molecule has 0 saturated heterocycles. The molecule has 0 atom stereocenters. The third kappa shape index (κ3) is 4.36. The summed E-state index contributed by atoms with van der Waals surface area (Å²) in [7, 11) is 1.66. The highest BCUT2D eigenvalue weighted by Crippen LogP contribution is 2.41. The Kier molecular flexibility index (Phi) is 5.99. The van der Waals surface area contributed by atoms with Crippen molar-refractivity contribution in [1.29, 1.82) is 0 Å². The van der Waals surface area contributed by atoms with Crippen molar-refractivity contribution in [3.05, 3.63) is 66.2 Å². The van der Waals surface area contributed by atoms with Gasteiger partial charge in [-0.05, 0) is 35.2 Å². The number of esters is 1. The van der Waals surface area contributed by atoms with E-state index in [9.17, 15) is 18.0 Å². The minimum absolute atomic E-state index is 0.166. The first-order valence-electron chi connectivity index (χ1n) is 10.4. The zero-order chi connectivity index (χ0) is 23.8. The highest BCUT2D eigenvalue weighted by atomic mass is 32.2. The molecule has 0 fully saturated rings. The van der Waals surface area contributed by atoms with E-state index in [4.69, 9.17) is 4.74 Å². The van der Waals surface area contributed by atoms with Crippen LogP contribution in [0, 0.1) is 0 Å². The summed E-state index contributed by atoms with van der Waals surface area (Å²) in [5, 5.41) is 1.36. The molecule has 0 N–H and O–H groups in total. The van der Waals surface area contributed by atoms with Crippen LogP contribution in [0.2, 0.25) is 0 Å². The van der Waals surface area contributed by atoms with Gasteiger partial charge in [-0.2, -0.15) is 0 Å². The fourth-order valence-corrected chi connectivity index (χ4v) is 5.46. The summed E-state index contributed by atoms with van der Waals surface area (Å²) in [5.41, 5.74) is 2.43. The molecule has 3 aromatic carbocycles. The first-order valence-corrected chi connectivity index (χ1v) is 11.8. The van der Waals surface area contributed by atoms with Gasteiger partial charge >= 0.3 is 5.97 Å². The number of likely N-dealkylation sites (N-methyl/N-ethyl adjacent to an activating group) is 1. The Bertz CT molecular complexity index is 1310. The first-order chi connectivity index (χ1) is 15.7. The average Bonchev–Trinajstić information content (AvgIpc) is 3.01. The van der Waals surface area contributed by atoms with Crippen molar-refractivity contribution in [2.75, 3.05) is 43.5 Å². The number of sulfonamides is 1. The molecule has 9 heteroatoms. The maximum absolute atomic E-state index is 13.0. The summed E-state index contributed by atoms with van der Waals surface area (Å²) in [6, 6.07) is 18.0. The number of rotatable bonds is 7. The summed E-state index contributed by atoms with van der Waals surface area (Å²) < 4.78 is 32.1. The Morgan fingerprint density at radius 3 is 2.27 bits per heavy atom. The van der Waals surface area contributed by atoms with Crippen LogP contribution >= 0.6 is 0 Å². The molecule has 172 valence electrons. The lowest BCUT2D eigenvalue weighted by Gasteiger charge is -2.20. The number of hydrogen-bond acceptors (Lipinski definition) is 6. The van der Waals surface area contributed by atoms with Crippen LogP contribution in [0.3, 0.4) is 0 Å². The average molecular weight is 468 g/mol. The molecule has 4 rings (SSSR count). The lowest BCUT2D eigenvalue weighted by atomic mass is 10.1. The van der Waals surface area contributed by atoms with Crippen molar-refractivity contribution in [3.8, 4) is 0 Å². The number of hydrogen-bond donors (Lipinski definition) is 0. The molecule has 0 unspecified atom stereocenters. The van der Waals surface area contributed by atoms with E-state index in [-0.39, 0.29) is 10.8 Å². The van der Waals surface area contributed by atoms with Crippen molar-refractivity contribution >= 4 is 44.0 Å². The maximum atomic E-state index is 13.0. The largest absolute Gasteiger partial charge is 0.454 e. The number of carbonyl (C=O) groups excluding carboxylic acids is 2. The van der Waals surface area contributed by atoms with Crippen LogP contribution in [0.5, 0.6) is 0 Å². The number of benzene rings is 3. The van der Waals surface area contributed by atoms with Crippen LogP contribution in [-0.4, -0.2) is 59.5 Å². The van der Waals surface area contributed by atoms with Gasteiger partial charge in [0.25, 0.3) is 15.9 Å². The van der Waals surface area contributed by atoms with Gasteiger partial charge in [0.2, 0.25) is 0 Å². The van der Waals surface area contributed by atoms with Gasteiger partial charge in [-0.3, -0.25) is 13.9 Å². The Morgan fingerprint density at radius 1 is 0.939 bits per heavy atom. The zero-order valence-corrected chi connectivity index (χ0v) is 19.5. The molecular formula is C24H25N3O5S. The normalized spacial score (nSPS) is 13.7. The van der Waals surface area contributed by atoms with Crippen molar-refractivity contribution in [3.63, 3.8) is 0 Å². The molecule has 0 radical (unpaired) electrons. The van der Waals surface area contributed by atoms with E-state index in [2.05, 4.69) is 0 Å². The van der Waals surface area contributed by atoms with Gasteiger partial charge in [0, 0.05) is 38.8 Å². The van der Waals surface area contributed by atoms with Crippen LogP contribution in [-0.2, 0) is 30.9 Å². The first kappa shape index (κ1) is 22.6. The van der Waals surface area contributed by atoms with Crippen molar-refractivity contribution in [2.45, 2.75) is 11.4 Å². The predicted octanol–water partition coefficient (Wildman–Crippen LogP) is 2.62. The van der Waals surface area contributed by atoms with Crippen LogP contribution in [0.25, 0.3) is 10.8 Å². The van der Waals surface area contributed by atoms with Gasteiger partial charge in [0.1, 0.15) is 6.54 Å². The molecule has 0 spiro atoms. The summed E-state index contributed by atoms with van der Waals surface area (Å²) in [6.45, 7) is -0.600. The number of carbonyl (C=O) groups is 2. The predicted molar refractivity (Wildman–Crippen MR) is 127 cm³/mol. The number of anilines is 2. The zero-order valence-electron chi connectivity index (χ0n) is 18.7. The van der Waals surface area contributed by atoms with E-state index in [1.807, 2.05) is 55.4 Å². The Hall–Kier alpha value is -3.59. The van der Waals surface area contributed by atoms with Gasteiger partial charge in [-0.15, -0.1) is 0 Å². The third-order valence-corrected chi connectivity index (χ3v) is 7.41. The maximum Gasteiger partial charge on any atom is 0.327 e. The van der Waals surface area contributed by atoms with Crippen LogP contribution < -0.4 is 9.21 Å². The molecule has 0 bridgehead atoms. The molecule has 1 aliphatic heterocycles. The molecule has 8 nitrogen and oxygen atoms in total. The Morgan fingerprint density at radius 2 is 1.61 bits per heavy atom. The number of ether oxygens (including phenoxy) is 1. The summed E-state index contributed by atoms with van der Waals surface area (Å²) in [6.07, 6.45) is 0. The minimum atomic E-state index is -3.87. The molecule has 1 aliphatic rings. The summed E-state index contributed by atoms with van der Waals surface area (Å²) in [4.78, 5) is 28.5. The highest BCUT2D eigenvalue weighted by molar-refractivity contribution is 7.93. The summed E-state index contributed by atoms with van der Waals surface area (Å²) in [5.74, 6) is -1.17. The van der Waals surface area contributed by atoms with Gasteiger partial charge in [0.15, 0.2) is 6.61 Å². The van der Waals surface area contributed by atoms with E-state index < -0.39 is 29.1 Å². The topological polar surface area (TPSA) is 87.2 Å². The van der Waals surface area contributed by atoms with Gasteiger partial charge in [0.05, 0.1) is 10.6 Å². The van der Waals surface area contributed by atoms with Crippen molar-refractivity contribution in [2.24, 2.45) is 0 Å². The van der Waals surface area contributed by atoms with Crippen molar-refractivity contribution in [1.82, 2.24) is 4.90 Å². The molecule has 0 aromatic heterocycles. The van der Waals surface area contributed by atoms with Gasteiger partial charge < -0.3 is 14.5 Å². The Labute approximate surface area is 193 Å². The van der Waals surface area contributed by atoms with Crippen LogP contribution in [0.4, 0.5) is 11.4 Å². The molecule has 1 amide bonds. The SMILES string of the molecule is CN(Cc1ccc(N(C)C)cc1)C(=O)COC(=O)CN1c2cccc3cccc(c23)S1(=O)=O. The second kappa shape index (κ2) is 8.74. The van der Waals surface area contributed by atoms with Crippen molar-refractivity contribution < 1.29 is 22.7 Å². The molecule has 33 heavy (non-hydrogen) atoms. The van der Waals surface area contributed by atoms with E-state index in [0.29, 0.717) is 17.6 Å². The quantitative estimate of drug-likeness (QED) is 0.497. The molecule has 1 heterocycles. The smallest absolute Gasteiger partial charge is 0.327 e. The third-order valence-electron chi connectivity index (χ3n) is 5.61. The molecular weight excluding hydrogens is 442 g/mol. The van der Waals surface area contributed by atoms with Crippen LogP contribution in [0.1, 0.15) is 5.56 Å². The second-order valence-electron chi connectivity index (χ2n) is 8.11. The second-order valence-corrected chi connectivity index (χ2v) is 9.95. The van der Waals surface area contributed by atoms with Crippen LogP contribution in [0.15, 0.2) is 65.6 Å². The lowest BCUT2D eigenvalue weighted by Crippen LogP contribution is -2.36. The molecule has 0 aliphatic carbocycles. The minimum Gasteiger partial charge on any atom is -0.454 e. The fraction of sp³-hybridized carbons (Fsp3) is 0.250. The monoisotopic (exact) mass is 467 g/mol. The Balaban J connectivity index is 1.37. The number of nitrogens with zero attached hydrogens (tertiary/aromatic N) is 3. The van der Waals surface area contributed by atoms with E-state index in [1.54, 1.807) is 25.2 Å². The van der Waals surface area contributed by atoms with E-state index in [0.717, 1.165) is 20.9 Å². The lowest BCUT2D eigenvalue weighted by molar-refractivity contribution is -0.150. The highest BCUT2D eigenvalue weighted by Gasteiger charge is 2.37. The van der Waals surface area contributed by atoms with E-state index in [1.165, 1.54) is 11.0 Å². The standard InChI is InChI=1S/C24H25N3O5S/c1-25(2)19-12-10-17(11-13-19)14-26(3)22(28)16-32-23(29)15-27-20-8-4-6-18-7-5-9-21(24(18)20)33(27,30)31/h4-13H,14-16H2,1-3H3. The fourth-order valence-electron chi connectivity index (χ4n) is 3.81. The molecule has 3 aromatic rings. The van der Waals surface area contributed by atoms with Gasteiger partial charge in [-0.1, -0.05) is 36.4 Å². The summed E-state index contributed by atoms with van der Waals surface area (Å²) >= 11 is 0. The van der Waals surface area contributed by atoms with E-state index >= 15 is 0 Å². The molecule has 0 saturated carbocycles. The number of amides is 1.